The third-order valence-corrected chi connectivity index (χ3v) is 4.05. The number of likely N-dealkylation sites (tertiary alicyclic amines) is 1. The van der Waals surface area contributed by atoms with Gasteiger partial charge < -0.3 is 16.0 Å². The van der Waals surface area contributed by atoms with Crippen LogP contribution < -0.4 is 11.1 Å². The normalized spacial score (nSPS) is 29.3. The van der Waals surface area contributed by atoms with E-state index in [4.69, 9.17) is 5.73 Å². The van der Waals surface area contributed by atoms with Crippen molar-refractivity contribution >= 4 is 11.8 Å². The highest BCUT2D eigenvalue weighted by Gasteiger charge is 2.32. The van der Waals surface area contributed by atoms with Crippen LogP contribution in [0.3, 0.4) is 0 Å². The van der Waals surface area contributed by atoms with Crippen molar-refractivity contribution in [2.75, 3.05) is 13.1 Å². The average molecular weight is 253 g/mol. The Labute approximate surface area is 108 Å². The molecular formula is C13H23N3O2. The van der Waals surface area contributed by atoms with Gasteiger partial charge in [0.05, 0.1) is 5.92 Å². The number of carbonyl (C=O) groups is 2. The second-order valence-corrected chi connectivity index (χ2v) is 5.46. The summed E-state index contributed by atoms with van der Waals surface area (Å²) < 4.78 is 0. The highest BCUT2D eigenvalue weighted by Crippen LogP contribution is 2.24. The van der Waals surface area contributed by atoms with E-state index in [9.17, 15) is 9.59 Å². The smallest absolute Gasteiger partial charge is 0.244 e. The molecule has 0 radical (unpaired) electrons. The number of nitrogens with zero attached hydrogens (tertiary/aromatic N) is 1. The van der Waals surface area contributed by atoms with Gasteiger partial charge in [-0.1, -0.05) is 6.42 Å². The molecule has 1 saturated carbocycles. The molecule has 18 heavy (non-hydrogen) atoms. The van der Waals surface area contributed by atoms with Crippen LogP contribution >= 0.6 is 0 Å². The molecule has 1 aliphatic carbocycles. The Hall–Kier alpha value is -1.10. The summed E-state index contributed by atoms with van der Waals surface area (Å²) in [5.41, 5.74) is 5.90. The molecular weight excluding hydrogens is 230 g/mol. The molecule has 2 rings (SSSR count). The molecule has 0 bridgehead atoms. The fraction of sp³-hybridized carbons (Fsp3) is 0.846. The maximum atomic E-state index is 12.1. The topological polar surface area (TPSA) is 75.4 Å². The Morgan fingerprint density at radius 2 is 1.89 bits per heavy atom. The van der Waals surface area contributed by atoms with Crippen molar-refractivity contribution in [1.29, 1.82) is 0 Å². The lowest BCUT2D eigenvalue weighted by Crippen LogP contribution is -2.49. The van der Waals surface area contributed by atoms with Gasteiger partial charge in [-0.15, -0.1) is 0 Å². The van der Waals surface area contributed by atoms with Gasteiger partial charge in [0.1, 0.15) is 6.04 Å². The highest BCUT2D eigenvalue weighted by molar-refractivity contribution is 5.88. The zero-order valence-electron chi connectivity index (χ0n) is 11.0. The van der Waals surface area contributed by atoms with Crippen LogP contribution in [0, 0.1) is 5.92 Å². The van der Waals surface area contributed by atoms with Gasteiger partial charge in [-0.3, -0.25) is 9.59 Å². The van der Waals surface area contributed by atoms with Gasteiger partial charge in [0.2, 0.25) is 11.8 Å². The summed E-state index contributed by atoms with van der Waals surface area (Å²) in [4.78, 5) is 25.9. The second kappa shape index (κ2) is 5.69. The van der Waals surface area contributed by atoms with Gasteiger partial charge in [0, 0.05) is 19.1 Å². The van der Waals surface area contributed by atoms with Gasteiger partial charge in [-0.2, -0.15) is 0 Å². The second-order valence-electron chi connectivity index (χ2n) is 5.46. The zero-order valence-corrected chi connectivity index (χ0v) is 11.0. The van der Waals surface area contributed by atoms with E-state index in [2.05, 4.69) is 5.32 Å². The molecule has 3 N–H and O–H groups in total. The molecule has 1 heterocycles. The van der Waals surface area contributed by atoms with Crippen molar-refractivity contribution in [3.63, 3.8) is 0 Å². The fourth-order valence-corrected chi connectivity index (χ4v) is 2.91. The summed E-state index contributed by atoms with van der Waals surface area (Å²) >= 11 is 0. The number of nitrogens with two attached hydrogens (primary N) is 1. The molecule has 1 saturated heterocycles. The third kappa shape index (κ3) is 2.83. The molecule has 2 fully saturated rings. The summed E-state index contributed by atoms with van der Waals surface area (Å²) in [6.07, 6.45) is 4.90. The fourth-order valence-electron chi connectivity index (χ4n) is 2.91. The Bertz CT molecular complexity index is 326. The van der Waals surface area contributed by atoms with Crippen molar-refractivity contribution in [3.8, 4) is 0 Å². The van der Waals surface area contributed by atoms with Crippen LogP contribution in [0.25, 0.3) is 0 Å². The van der Waals surface area contributed by atoms with E-state index >= 15 is 0 Å². The van der Waals surface area contributed by atoms with Crippen LogP contribution in [0.15, 0.2) is 0 Å². The molecule has 0 aromatic carbocycles. The molecule has 2 aliphatic rings. The monoisotopic (exact) mass is 253 g/mol. The number of amides is 2. The van der Waals surface area contributed by atoms with E-state index in [-0.39, 0.29) is 23.8 Å². The van der Waals surface area contributed by atoms with E-state index < -0.39 is 6.04 Å². The maximum absolute atomic E-state index is 12.1. The molecule has 102 valence electrons. The van der Waals surface area contributed by atoms with Crippen molar-refractivity contribution < 1.29 is 9.59 Å². The van der Waals surface area contributed by atoms with Gasteiger partial charge in [-0.25, -0.2) is 0 Å². The number of hydrogen-bond acceptors (Lipinski definition) is 3. The summed E-state index contributed by atoms with van der Waals surface area (Å²) in [6, 6.07) is -0.470. The van der Waals surface area contributed by atoms with Gasteiger partial charge in [0.15, 0.2) is 0 Å². The van der Waals surface area contributed by atoms with Gasteiger partial charge in [-0.05, 0) is 32.6 Å². The quantitative estimate of drug-likeness (QED) is 0.756. The van der Waals surface area contributed by atoms with Crippen LogP contribution in [-0.2, 0) is 9.59 Å². The summed E-state index contributed by atoms with van der Waals surface area (Å²) in [7, 11) is 0. The van der Waals surface area contributed by atoms with E-state index in [1.165, 1.54) is 0 Å². The minimum absolute atomic E-state index is 0.0346. The molecule has 3 atom stereocenters. The Balaban J connectivity index is 1.84. The molecule has 5 nitrogen and oxygen atoms in total. The summed E-state index contributed by atoms with van der Waals surface area (Å²) in [5, 5.41) is 2.82. The predicted octanol–water partition coefficient (Wildman–Crippen LogP) is 0.241. The lowest BCUT2D eigenvalue weighted by molar-refractivity contribution is -0.136. The van der Waals surface area contributed by atoms with E-state index in [0.717, 1.165) is 45.2 Å². The first-order chi connectivity index (χ1) is 8.59. The average Bonchev–Trinajstić information content (AvgIpc) is 2.98. The van der Waals surface area contributed by atoms with Crippen LogP contribution in [0.2, 0.25) is 0 Å². The lowest BCUT2D eigenvalue weighted by Gasteiger charge is -2.23. The minimum atomic E-state index is -0.427. The lowest BCUT2D eigenvalue weighted by atomic mass is 10.0. The van der Waals surface area contributed by atoms with Gasteiger partial charge >= 0.3 is 0 Å². The standard InChI is InChI=1S/C13H23N3O2/c1-9(13(18)16-7-2-3-8-16)15-12(17)10-5-4-6-11(10)14/h9-11H,2-8,14H2,1H3,(H,15,17). The third-order valence-electron chi connectivity index (χ3n) is 4.05. The van der Waals surface area contributed by atoms with Crippen LogP contribution in [0.5, 0.6) is 0 Å². The molecule has 3 unspecified atom stereocenters. The molecule has 5 heteroatoms. The van der Waals surface area contributed by atoms with E-state index in [0.29, 0.717) is 0 Å². The largest absolute Gasteiger partial charge is 0.344 e. The van der Waals surface area contributed by atoms with E-state index in [1.54, 1.807) is 6.92 Å². The van der Waals surface area contributed by atoms with Crippen LogP contribution in [-0.4, -0.2) is 41.9 Å². The van der Waals surface area contributed by atoms with Crippen LogP contribution in [0.4, 0.5) is 0 Å². The molecule has 1 aliphatic heterocycles. The maximum Gasteiger partial charge on any atom is 0.244 e. The number of hydrogen-bond donors (Lipinski definition) is 2. The number of carbonyl (C=O) groups excluding carboxylic acids is 2. The van der Waals surface area contributed by atoms with Crippen molar-refractivity contribution in [2.24, 2.45) is 11.7 Å². The molecule has 2 amide bonds. The highest BCUT2D eigenvalue weighted by atomic mass is 16.2. The first-order valence-corrected chi connectivity index (χ1v) is 6.94. The number of nitrogens with one attached hydrogen (secondary N) is 1. The van der Waals surface area contributed by atoms with Crippen molar-refractivity contribution in [2.45, 2.75) is 51.1 Å². The first-order valence-electron chi connectivity index (χ1n) is 6.94. The first kappa shape index (κ1) is 13.3. The van der Waals surface area contributed by atoms with Crippen LogP contribution in [0.1, 0.15) is 39.0 Å². The minimum Gasteiger partial charge on any atom is -0.344 e. The van der Waals surface area contributed by atoms with Crippen molar-refractivity contribution in [3.05, 3.63) is 0 Å². The molecule has 0 spiro atoms. The van der Waals surface area contributed by atoms with Gasteiger partial charge in [0.25, 0.3) is 0 Å². The van der Waals surface area contributed by atoms with E-state index in [1.807, 2.05) is 4.90 Å². The molecule has 0 aromatic heterocycles. The van der Waals surface area contributed by atoms with Crippen molar-refractivity contribution in [1.82, 2.24) is 10.2 Å². The predicted molar refractivity (Wildman–Crippen MR) is 68.7 cm³/mol. The Morgan fingerprint density at radius 3 is 2.44 bits per heavy atom. The molecule has 0 aromatic rings. The Morgan fingerprint density at radius 1 is 1.22 bits per heavy atom. The summed E-state index contributed by atoms with van der Waals surface area (Å²) in [6.45, 7) is 3.41. The summed E-state index contributed by atoms with van der Waals surface area (Å²) in [5.74, 6) is -0.133. The Kier molecular flexibility index (Phi) is 4.22. The SMILES string of the molecule is CC(NC(=O)C1CCCC1N)C(=O)N1CCCC1. The number of rotatable bonds is 3. The zero-order chi connectivity index (χ0) is 13.1.